The number of hydrogen-bond acceptors (Lipinski definition) is 2. The van der Waals surface area contributed by atoms with E-state index in [1.54, 1.807) is 6.07 Å². The molecule has 0 aliphatic carbocycles. The lowest BCUT2D eigenvalue weighted by atomic mass is 10.1. The lowest BCUT2D eigenvalue weighted by molar-refractivity contribution is -0.131. The number of alkyl halides is 1. The molecule has 0 aromatic heterocycles. The van der Waals surface area contributed by atoms with E-state index in [1.165, 1.54) is 6.08 Å². The number of rotatable bonds is 5. The summed E-state index contributed by atoms with van der Waals surface area (Å²) in [6, 6.07) is 5.41. The van der Waals surface area contributed by atoms with Crippen molar-refractivity contribution in [1.82, 2.24) is 0 Å². The minimum atomic E-state index is -0.990. The Hall–Kier alpha value is -0.940. The van der Waals surface area contributed by atoms with Crippen LogP contribution in [-0.2, 0) is 16.0 Å². The number of hydrogen-bond donors (Lipinski definition) is 1. The highest BCUT2D eigenvalue weighted by Gasteiger charge is 2.04. The van der Waals surface area contributed by atoms with Gasteiger partial charge in [-0.2, -0.15) is 0 Å². The molecule has 0 atom stereocenters. The molecule has 0 aliphatic rings. The highest BCUT2D eigenvalue weighted by Crippen LogP contribution is 2.20. The summed E-state index contributed by atoms with van der Waals surface area (Å²) in [6.45, 7) is 0. The molecule has 0 fully saturated rings. The minimum absolute atomic E-state index is 0.103. The van der Waals surface area contributed by atoms with Gasteiger partial charge in [-0.15, -0.1) is 0 Å². The largest absolute Gasteiger partial charge is 0.478 e. The average Bonchev–Trinajstić information content (AvgIpc) is 2.27. The van der Waals surface area contributed by atoms with Gasteiger partial charge in [-0.3, -0.25) is 4.79 Å². The smallest absolute Gasteiger partial charge is 0.328 e. The number of aliphatic carboxylic acids is 1. The topological polar surface area (TPSA) is 54.4 Å². The van der Waals surface area contributed by atoms with Gasteiger partial charge in [0.1, 0.15) is 5.78 Å². The molecule has 0 spiro atoms. The predicted molar refractivity (Wildman–Crippen MR) is 73.3 cm³/mol. The maximum absolute atomic E-state index is 11.2. The third-order valence-corrected chi connectivity index (χ3v) is 3.33. The Morgan fingerprint density at radius 1 is 1.35 bits per heavy atom. The van der Waals surface area contributed by atoms with Crippen molar-refractivity contribution >= 4 is 49.7 Å². The molecule has 1 aromatic rings. The summed E-state index contributed by atoms with van der Waals surface area (Å²) in [4.78, 5) is 21.6. The number of carboxylic acids is 1. The molecule has 1 aromatic carbocycles. The normalized spacial score (nSPS) is 10.7. The van der Waals surface area contributed by atoms with Crippen molar-refractivity contribution in [2.24, 2.45) is 0 Å². The lowest BCUT2D eigenvalue weighted by Crippen LogP contribution is -2.03. The first-order chi connectivity index (χ1) is 8.02. The van der Waals surface area contributed by atoms with E-state index >= 15 is 0 Å². The number of carboxylic acid groups (broad SMARTS) is 1. The predicted octanol–water partition coefficient (Wildman–Crippen LogP) is 3.05. The van der Waals surface area contributed by atoms with Crippen molar-refractivity contribution in [3.05, 3.63) is 39.9 Å². The fraction of sp³-hybridized carbons (Fsp3) is 0.167. The molecule has 90 valence electrons. The molecule has 5 heteroatoms. The van der Waals surface area contributed by atoms with E-state index in [-0.39, 0.29) is 5.78 Å². The van der Waals surface area contributed by atoms with Gasteiger partial charge in [0.2, 0.25) is 0 Å². The van der Waals surface area contributed by atoms with Gasteiger partial charge in [0.05, 0.1) is 5.33 Å². The maximum Gasteiger partial charge on any atom is 0.328 e. The third-order valence-electron chi connectivity index (χ3n) is 2.02. The maximum atomic E-state index is 11.2. The number of benzene rings is 1. The fourth-order valence-electron chi connectivity index (χ4n) is 1.25. The summed E-state index contributed by atoms with van der Waals surface area (Å²) in [5, 5.41) is 8.86. The standard InChI is InChI=1S/C12H10Br2O3/c13-7-10(15)5-8-1-2-9(11(14)6-8)3-4-12(16)17/h1-4,6H,5,7H2,(H,16,17)/b4-3+. The second kappa shape index (κ2) is 6.71. The van der Waals surface area contributed by atoms with Crippen LogP contribution in [0.3, 0.4) is 0 Å². The molecular formula is C12H10Br2O3. The van der Waals surface area contributed by atoms with Crippen LogP contribution in [0.15, 0.2) is 28.7 Å². The summed E-state index contributed by atoms with van der Waals surface area (Å²) in [6.07, 6.45) is 2.94. The summed E-state index contributed by atoms with van der Waals surface area (Å²) >= 11 is 6.45. The molecule has 0 bridgehead atoms. The lowest BCUT2D eigenvalue weighted by Gasteiger charge is -2.03. The van der Waals surface area contributed by atoms with Crippen LogP contribution < -0.4 is 0 Å². The van der Waals surface area contributed by atoms with Gasteiger partial charge in [-0.25, -0.2) is 4.79 Å². The van der Waals surface area contributed by atoms with Gasteiger partial charge in [0.25, 0.3) is 0 Å². The number of carbonyl (C=O) groups is 2. The Morgan fingerprint density at radius 2 is 2.06 bits per heavy atom. The summed E-state index contributed by atoms with van der Waals surface area (Å²) < 4.78 is 0.773. The van der Waals surface area contributed by atoms with Crippen molar-refractivity contribution in [1.29, 1.82) is 0 Å². The van der Waals surface area contributed by atoms with Crippen LogP contribution in [0, 0.1) is 0 Å². The van der Waals surface area contributed by atoms with Crippen molar-refractivity contribution in [2.75, 3.05) is 5.33 Å². The molecule has 3 nitrogen and oxygen atoms in total. The van der Waals surface area contributed by atoms with Gasteiger partial charge < -0.3 is 5.11 Å². The number of carbonyl (C=O) groups excluding carboxylic acids is 1. The van der Waals surface area contributed by atoms with Crippen LogP contribution in [0.25, 0.3) is 6.08 Å². The van der Waals surface area contributed by atoms with E-state index in [1.807, 2.05) is 12.1 Å². The zero-order valence-electron chi connectivity index (χ0n) is 8.82. The van der Waals surface area contributed by atoms with Gasteiger partial charge in [-0.05, 0) is 23.3 Å². The monoisotopic (exact) mass is 360 g/mol. The minimum Gasteiger partial charge on any atom is -0.478 e. The van der Waals surface area contributed by atoms with Crippen molar-refractivity contribution in [3.8, 4) is 0 Å². The van der Waals surface area contributed by atoms with E-state index in [2.05, 4.69) is 31.9 Å². The molecule has 17 heavy (non-hydrogen) atoms. The molecule has 0 saturated heterocycles. The second-order valence-corrected chi connectivity index (χ2v) is 4.79. The van der Waals surface area contributed by atoms with E-state index in [0.29, 0.717) is 11.8 Å². The van der Waals surface area contributed by atoms with Crippen molar-refractivity contribution < 1.29 is 14.7 Å². The fourth-order valence-corrected chi connectivity index (χ4v) is 2.01. The first kappa shape index (κ1) is 14.1. The highest BCUT2D eigenvalue weighted by atomic mass is 79.9. The quantitative estimate of drug-likeness (QED) is 0.647. The average molecular weight is 362 g/mol. The Bertz CT molecular complexity index is 467. The van der Waals surface area contributed by atoms with Crippen LogP contribution in [0.4, 0.5) is 0 Å². The SMILES string of the molecule is O=C(O)/C=C/c1ccc(CC(=O)CBr)cc1Br. The van der Waals surface area contributed by atoms with Gasteiger partial charge in [0, 0.05) is 17.0 Å². The number of Topliss-reactive ketones (excluding diaryl/α,β-unsaturated/α-hetero) is 1. The van der Waals surface area contributed by atoms with Crippen LogP contribution in [0.5, 0.6) is 0 Å². The Labute approximate surface area is 116 Å². The van der Waals surface area contributed by atoms with Gasteiger partial charge in [0.15, 0.2) is 0 Å². The van der Waals surface area contributed by atoms with Crippen LogP contribution in [0.2, 0.25) is 0 Å². The molecule has 0 aliphatic heterocycles. The molecule has 1 N–H and O–H groups in total. The highest BCUT2D eigenvalue weighted by molar-refractivity contribution is 9.10. The first-order valence-corrected chi connectivity index (χ1v) is 6.71. The Kier molecular flexibility index (Phi) is 5.58. The summed E-state index contributed by atoms with van der Waals surface area (Å²) in [5.74, 6) is -0.888. The van der Waals surface area contributed by atoms with Crippen molar-refractivity contribution in [3.63, 3.8) is 0 Å². The Morgan fingerprint density at radius 3 is 2.59 bits per heavy atom. The molecular weight excluding hydrogens is 352 g/mol. The van der Waals surface area contributed by atoms with E-state index < -0.39 is 5.97 Å². The molecule has 0 heterocycles. The summed E-state index contributed by atoms with van der Waals surface area (Å²) in [7, 11) is 0. The molecule has 0 amide bonds. The van der Waals surface area contributed by atoms with Gasteiger partial charge >= 0.3 is 5.97 Å². The van der Waals surface area contributed by atoms with E-state index in [9.17, 15) is 9.59 Å². The number of halogens is 2. The molecule has 1 rings (SSSR count). The zero-order valence-corrected chi connectivity index (χ0v) is 12.0. The number of ketones is 1. The zero-order chi connectivity index (χ0) is 12.8. The van der Waals surface area contributed by atoms with Crippen LogP contribution in [-0.4, -0.2) is 22.2 Å². The molecule has 0 saturated carbocycles. The molecule has 0 unspecified atom stereocenters. The van der Waals surface area contributed by atoms with Crippen LogP contribution in [0.1, 0.15) is 11.1 Å². The van der Waals surface area contributed by atoms with Gasteiger partial charge in [-0.1, -0.05) is 44.0 Å². The van der Waals surface area contributed by atoms with E-state index in [4.69, 9.17) is 5.11 Å². The summed E-state index contributed by atoms with van der Waals surface area (Å²) in [5.41, 5.74) is 1.66. The van der Waals surface area contributed by atoms with Crippen molar-refractivity contribution in [2.45, 2.75) is 6.42 Å². The van der Waals surface area contributed by atoms with Crippen LogP contribution >= 0.6 is 31.9 Å². The second-order valence-electron chi connectivity index (χ2n) is 3.38. The van der Waals surface area contributed by atoms with E-state index in [0.717, 1.165) is 21.7 Å². The Balaban J connectivity index is 2.86. The molecule has 0 radical (unpaired) electrons. The third kappa shape index (κ3) is 4.83. The first-order valence-electron chi connectivity index (χ1n) is 4.80.